The lowest BCUT2D eigenvalue weighted by atomic mass is 9.97. The Hall–Kier alpha value is -2.05. The molecular weight excluding hydrogens is 1030 g/mol. The van der Waals surface area contributed by atoms with Gasteiger partial charge in [0.25, 0.3) is 0 Å². The van der Waals surface area contributed by atoms with E-state index < -0.39 is 86.8 Å². The minimum Gasteiger partial charge on any atom is -0.394 e. The van der Waals surface area contributed by atoms with Gasteiger partial charge < -0.3 is 65.1 Å². The van der Waals surface area contributed by atoms with Gasteiger partial charge >= 0.3 is 0 Å². The summed E-state index contributed by atoms with van der Waals surface area (Å²) in [6.45, 7) is 2.79. The van der Waals surface area contributed by atoms with Gasteiger partial charge in [0.1, 0.15) is 48.8 Å². The summed E-state index contributed by atoms with van der Waals surface area (Å²) in [7, 11) is 0. The summed E-state index contributed by atoms with van der Waals surface area (Å²) >= 11 is 0. The zero-order valence-electron chi connectivity index (χ0n) is 51.3. The predicted molar refractivity (Wildman–Crippen MR) is 327 cm³/mol. The molecule has 2 aliphatic heterocycles. The molecular formula is C67H123NO13. The van der Waals surface area contributed by atoms with Crippen LogP contribution in [0, 0.1) is 0 Å². The normalized spacial score (nSPS) is 24.4. The van der Waals surface area contributed by atoms with Crippen LogP contribution in [0.2, 0.25) is 0 Å². The molecule has 2 heterocycles. The summed E-state index contributed by atoms with van der Waals surface area (Å²) in [6.07, 6.45) is 50.4. The molecule has 0 aromatic heterocycles. The predicted octanol–water partition coefficient (Wildman–Crippen LogP) is 12.7. The quantitative estimate of drug-likeness (QED) is 0.0204. The summed E-state index contributed by atoms with van der Waals surface area (Å²) in [4.78, 5) is 13.3. The van der Waals surface area contributed by atoms with Crippen LogP contribution < -0.4 is 5.32 Å². The third kappa shape index (κ3) is 37.2. The van der Waals surface area contributed by atoms with Gasteiger partial charge in [0.05, 0.1) is 32.0 Å². The molecule has 474 valence electrons. The average Bonchev–Trinajstić information content (AvgIpc) is 3.46. The Kier molecular flexibility index (Phi) is 48.5. The Labute approximate surface area is 493 Å². The first-order valence-corrected chi connectivity index (χ1v) is 33.4. The Morgan fingerprint density at radius 2 is 0.815 bits per heavy atom. The Morgan fingerprint density at radius 3 is 1.25 bits per heavy atom. The van der Waals surface area contributed by atoms with Crippen LogP contribution in [0.1, 0.15) is 277 Å². The van der Waals surface area contributed by atoms with Crippen molar-refractivity contribution in [1.29, 1.82) is 0 Å². The highest BCUT2D eigenvalue weighted by atomic mass is 16.7. The maximum atomic E-state index is 13.3. The van der Waals surface area contributed by atoms with E-state index in [-0.39, 0.29) is 18.9 Å². The number of aliphatic hydroxyl groups excluding tert-OH is 8. The lowest BCUT2D eigenvalue weighted by molar-refractivity contribution is -0.359. The summed E-state index contributed by atoms with van der Waals surface area (Å²) in [6, 6.07) is -0.913. The van der Waals surface area contributed by atoms with Crippen LogP contribution in [0.25, 0.3) is 0 Å². The molecule has 0 saturated carbocycles. The van der Waals surface area contributed by atoms with Crippen molar-refractivity contribution in [3.05, 3.63) is 48.6 Å². The molecule has 0 radical (unpaired) electrons. The maximum Gasteiger partial charge on any atom is 0.220 e. The van der Waals surface area contributed by atoms with E-state index in [9.17, 15) is 45.6 Å². The van der Waals surface area contributed by atoms with Crippen molar-refractivity contribution >= 4 is 5.91 Å². The van der Waals surface area contributed by atoms with E-state index in [4.69, 9.17) is 18.9 Å². The molecule has 2 rings (SSSR count). The molecule has 14 heteroatoms. The van der Waals surface area contributed by atoms with Crippen molar-refractivity contribution in [3.8, 4) is 0 Å². The fraction of sp³-hybridized carbons (Fsp3) is 0.866. The summed E-state index contributed by atoms with van der Waals surface area (Å²) in [5.74, 6) is -0.237. The molecule has 0 bridgehead atoms. The van der Waals surface area contributed by atoms with Crippen LogP contribution in [0.15, 0.2) is 48.6 Å². The van der Waals surface area contributed by atoms with Gasteiger partial charge in [-0.3, -0.25) is 4.79 Å². The lowest BCUT2D eigenvalue weighted by Gasteiger charge is -2.46. The molecule has 2 fully saturated rings. The van der Waals surface area contributed by atoms with Crippen molar-refractivity contribution in [2.45, 2.75) is 351 Å². The highest BCUT2D eigenvalue weighted by Crippen LogP contribution is 2.30. The van der Waals surface area contributed by atoms with Crippen molar-refractivity contribution < 1.29 is 64.6 Å². The van der Waals surface area contributed by atoms with E-state index in [0.717, 1.165) is 51.4 Å². The van der Waals surface area contributed by atoms with Crippen molar-refractivity contribution in [1.82, 2.24) is 5.32 Å². The van der Waals surface area contributed by atoms with E-state index in [0.29, 0.717) is 6.42 Å². The number of aliphatic hydroxyl groups is 8. The van der Waals surface area contributed by atoms with E-state index in [1.807, 2.05) is 6.08 Å². The van der Waals surface area contributed by atoms with Gasteiger partial charge in [0.2, 0.25) is 5.91 Å². The lowest BCUT2D eigenvalue weighted by Crippen LogP contribution is -2.65. The molecule has 12 atom stereocenters. The van der Waals surface area contributed by atoms with Gasteiger partial charge in [-0.15, -0.1) is 0 Å². The molecule has 0 aliphatic carbocycles. The second-order valence-electron chi connectivity index (χ2n) is 23.6. The standard InChI is InChI=1S/C67H123NO13/c1-3-5-7-9-11-13-15-17-18-19-20-21-22-23-24-25-26-27-28-29-30-31-32-33-34-35-36-37-38-39-41-43-45-47-49-51-59(72)68-55(56(71)50-48-46-44-42-40-16-14-12-10-8-6-4-2)54-78-66-64(77)62(75)65(58(53-70)80-66)81-67-63(76)61(74)60(73)57(52-69)79-67/h15,17,19-20,22-23,48,50,55-58,60-67,69-71,73-77H,3-14,16,18,21,24-47,49,51-54H2,1-2H3,(H,68,72)/b17-15-,20-19-,23-22-,50-48+. The van der Waals surface area contributed by atoms with E-state index >= 15 is 0 Å². The largest absolute Gasteiger partial charge is 0.394 e. The van der Waals surface area contributed by atoms with Gasteiger partial charge in [-0.2, -0.15) is 0 Å². The van der Waals surface area contributed by atoms with Gasteiger partial charge in [-0.25, -0.2) is 0 Å². The average molecular weight is 1150 g/mol. The molecule has 0 aromatic carbocycles. The van der Waals surface area contributed by atoms with E-state index in [1.165, 1.54) is 199 Å². The fourth-order valence-corrected chi connectivity index (χ4v) is 10.9. The van der Waals surface area contributed by atoms with Gasteiger partial charge in [-0.05, 0) is 57.8 Å². The maximum absolute atomic E-state index is 13.3. The van der Waals surface area contributed by atoms with Crippen molar-refractivity contribution in [3.63, 3.8) is 0 Å². The van der Waals surface area contributed by atoms with E-state index in [1.54, 1.807) is 6.08 Å². The second-order valence-corrected chi connectivity index (χ2v) is 23.6. The monoisotopic (exact) mass is 1150 g/mol. The molecule has 14 nitrogen and oxygen atoms in total. The Morgan fingerprint density at radius 1 is 0.444 bits per heavy atom. The molecule has 0 aromatic rings. The number of carbonyl (C=O) groups excluding carboxylic acids is 1. The Balaban J connectivity index is 1.59. The number of hydrogen-bond acceptors (Lipinski definition) is 13. The molecule has 9 N–H and O–H groups in total. The third-order valence-electron chi connectivity index (χ3n) is 16.3. The summed E-state index contributed by atoms with van der Waals surface area (Å²) in [5, 5.41) is 87.1. The van der Waals surface area contributed by atoms with Crippen molar-refractivity contribution in [2.24, 2.45) is 0 Å². The molecule has 12 unspecified atom stereocenters. The molecule has 2 aliphatic rings. The van der Waals surface area contributed by atoms with Crippen LogP contribution in [0.3, 0.4) is 0 Å². The first kappa shape index (κ1) is 75.0. The smallest absolute Gasteiger partial charge is 0.220 e. The van der Waals surface area contributed by atoms with Crippen molar-refractivity contribution in [2.75, 3.05) is 19.8 Å². The zero-order valence-corrected chi connectivity index (χ0v) is 51.3. The molecule has 81 heavy (non-hydrogen) atoms. The number of allylic oxidation sites excluding steroid dienone is 7. The topological polar surface area (TPSA) is 228 Å². The first-order valence-electron chi connectivity index (χ1n) is 33.4. The highest BCUT2D eigenvalue weighted by Gasteiger charge is 2.51. The zero-order chi connectivity index (χ0) is 58.8. The van der Waals surface area contributed by atoms with Gasteiger partial charge in [-0.1, -0.05) is 262 Å². The number of unbranched alkanes of at least 4 members (excludes halogenated alkanes) is 35. The number of rotatable bonds is 54. The SMILES string of the molecule is CCCCCCC/C=C\C/C=C\C/C=C\CCCCCCCCCCCCCCCCCCCCCCC(=O)NC(COC1OC(CO)C(OC2OC(CO)C(O)C(O)C2O)C(O)C1O)C(O)/C=C/CCCCCCCCCCCC. The number of amides is 1. The van der Waals surface area contributed by atoms with Crippen LogP contribution in [-0.2, 0) is 23.7 Å². The van der Waals surface area contributed by atoms with Crippen LogP contribution in [-0.4, -0.2) is 140 Å². The molecule has 0 spiro atoms. The van der Waals surface area contributed by atoms with Gasteiger partial charge in [0, 0.05) is 6.42 Å². The Bertz CT molecular complexity index is 1540. The fourth-order valence-electron chi connectivity index (χ4n) is 10.9. The summed E-state index contributed by atoms with van der Waals surface area (Å²) < 4.78 is 22.8. The highest BCUT2D eigenvalue weighted by molar-refractivity contribution is 5.76. The minimum atomic E-state index is -1.79. The first-order chi connectivity index (χ1) is 39.6. The van der Waals surface area contributed by atoms with Crippen LogP contribution in [0.5, 0.6) is 0 Å². The van der Waals surface area contributed by atoms with Crippen LogP contribution in [0.4, 0.5) is 0 Å². The third-order valence-corrected chi connectivity index (χ3v) is 16.3. The number of nitrogens with one attached hydrogen (secondary N) is 1. The molecule has 1 amide bonds. The van der Waals surface area contributed by atoms with Gasteiger partial charge in [0.15, 0.2) is 12.6 Å². The second kappa shape index (κ2) is 52.3. The van der Waals surface area contributed by atoms with Crippen LogP contribution >= 0.6 is 0 Å². The molecule has 2 saturated heterocycles. The number of ether oxygens (including phenoxy) is 4. The number of hydrogen-bond donors (Lipinski definition) is 9. The summed E-state index contributed by atoms with van der Waals surface area (Å²) in [5.41, 5.74) is 0. The minimum absolute atomic E-state index is 0.237. The van der Waals surface area contributed by atoms with E-state index in [2.05, 4.69) is 55.6 Å². The number of carbonyl (C=O) groups is 1.